The lowest BCUT2D eigenvalue weighted by Gasteiger charge is -2.23. The topological polar surface area (TPSA) is 86.1 Å². The number of nitrogens with one attached hydrogen (secondary N) is 1. The van der Waals surface area contributed by atoms with Gasteiger partial charge in [-0.1, -0.05) is 0 Å². The summed E-state index contributed by atoms with van der Waals surface area (Å²) in [5.74, 6) is 1.76. The van der Waals surface area contributed by atoms with E-state index in [4.69, 9.17) is 4.74 Å². The maximum atomic E-state index is 12.3. The molecule has 2 aromatic rings. The summed E-state index contributed by atoms with van der Waals surface area (Å²) in [4.78, 5) is 8.43. The van der Waals surface area contributed by atoms with Gasteiger partial charge in [0.05, 0.1) is 12.8 Å². The van der Waals surface area contributed by atoms with Gasteiger partial charge in [-0.15, -0.1) is 0 Å². The summed E-state index contributed by atoms with van der Waals surface area (Å²) in [5, 5.41) is 0. The predicted octanol–water partition coefficient (Wildman–Crippen LogP) is 1.22. The number of aromatic nitrogens is 3. The molecule has 1 N–H and O–H groups in total. The molecular weight excluding hydrogens is 316 g/mol. The molecule has 1 aliphatic heterocycles. The second kappa shape index (κ2) is 6.67. The molecule has 0 aromatic carbocycles. The molecule has 2 aromatic heterocycles. The fourth-order valence-electron chi connectivity index (χ4n) is 2.67. The minimum Gasteiger partial charge on any atom is -0.478 e. The summed E-state index contributed by atoms with van der Waals surface area (Å²) in [6, 6.07) is 3.08. The summed E-state index contributed by atoms with van der Waals surface area (Å²) < 4.78 is 34.6. The van der Waals surface area contributed by atoms with E-state index >= 15 is 0 Å². The van der Waals surface area contributed by atoms with Crippen molar-refractivity contribution in [2.75, 3.05) is 13.2 Å². The smallest absolute Gasteiger partial charge is 0.242 e. The molecule has 0 spiro atoms. The average Bonchev–Trinajstić information content (AvgIpc) is 3.01. The lowest BCUT2D eigenvalue weighted by molar-refractivity contribution is 0.326. The number of hydrogen-bond donors (Lipinski definition) is 1. The van der Waals surface area contributed by atoms with Crippen molar-refractivity contribution in [3.8, 4) is 5.88 Å². The summed E-state index contributed by atoms with van der Waals surface area (Å²) in [7, 11) is -3.55. The Morgan fingerprint density at radius 3 is 3.00 bits per heavy atom. The largest absolute Gasteiger partial charge is 0.478 e. The minimum atomic E-state index is -3.55. The van der Waals surface area contributed by atoms with Crippen molar-refractivity contribution in [2.45, 2.75) is 31.2 Å². The normalized spacial score (nSPS) is 17.7. The third kappa shape index (κ3) is 3.70. The van der Waals surface area contributed by atoms with E-state index in [1.807, 2.05) is 13.1 Å². The van der Waals surface area contributed by atoms with Crippen molar-refractivity contribution >= 4 is 10.0 Å². The van der Waals surface area contributed by atoms with E-state index in [0.29, 0.717) is 19.0 Å². The molecule has 0 bridgehead atoms. The number of fused-ring (bicyclic) bond motifs is 1. The number of pyridine rings is 1. The molecule has 0 amide bonds. The average molecular weight is 336 g/mol. The monoisotopic (exact) mass is 336 g/mol. The van der Waals surface area contributed by atoms with Gasteiger partial charge in [-0.2, -0.15) is 0 Å². The van der Waals surface area contributed by atoms with E-state index < -0.39 is 10.0 Å². The van der Waals surface area contributed by atoms with Gasteiger partial charge in [-0.05, 0) is 25.3 Å². The summed E-state index contributed by atoms with van der Waals surface area (Å²) in [6.07, 6.45) is 6.85. The van der Waals surface area contributed by atoms with Crippen molar-refractivity contribution < 1.29 is 13.2 Å². The number of rotatable bonds is 6. The summed E-state index contributed by atoms with van der Waals surface area (Å²) >= 11 is 0. The quantitative estimate of drug-likeness (QED) is 0.857. The van der Waals surface area contributed by atoms with Crippen molar-refractivity contribution in [3.05, 3.63) is 36.5 Å². The molecule has 0 unspecified atom stereocenters. The highest BCUT2D eigenvalue weighted by Gasteiger charge is 2.22. The van der Waals surface area contributed by atoms with Crippen LogP contribution in [0.2, 0.25) is 0 Å². The zero-order valence-corrected chi connectivity index (χ0v) is 13.8. The first kappa shape index (κ1) is 15.9. The molecule has 7 nitrogen and oxygen atoms in total. The Balaban J connectivity index is 1.60. The van der Waals surface area contributed by atoms with Crippen LogP contribution < -0.4 is 9.46 Å². The van der Waals surface area contributed by atoms with Crippen molar-refractivity contribution in [1.29, 1.82) is 0 Å². The molecule has 0 fully saturated rings. The van der Waals surface area contributed by atoms with Crippen LogP contribution in [0.15, 0.2) is 35.6 Å². The van der Waals surface area contributed by atoms with Crippen LogP contribution in [0.25, 0.3) is 0 Å². The molecule has 0 saturated carbocycles. The molecule has 124 valence electrons. The Labute approximate surface area is 135 Å². The number of aryl methyl sites for hydroxylation is 1. The van der Waals surface area contributed by atoms with Crippen LogP contribution in [0.3, 0.4) is 0 Å². The van der Waals surface area contributed by atoms with Gasteiger partial charge in [-0.3, -0.25) is 0 Å². The first-order valence-electron chi connectivity index (χ1n) is 7.67. The number of hydrogen-bond acceptors (Lipinski definition) is 5. The minimum absolute atomic E-state index is 0.153. The molecule has 23 heavy (non-hydrogen) atoms. The van der Waals surface area contributed by atoms with Crippen LogP contribution in [-0.2, 0) is 23.0 Å². The predicted molar refractivity (Wildman–Crippen MR) is 84.6 cm³/mol. The van der Waals surface area contributed by atoms with E-state index in [2.05, 4.69) is 19.3 Å². The van der Waals surface area contributed by atoms with Gasteiger partial charge in [0.2, 0.25) is 15.9 Å². The van der Waals surface area contributed by atoms with E-state index in [1.165, 1.54) is 12.3 Å². The third-order valence-electron chi connectivity index (χ3n) is 3.91. The van der Waals surface area contributed by atoms with Gasteiger partial charge in [0.1, 0.15) is 10.7 Å². The zero-order valence-electron chi connectivity index (χ0n) is 13.0. The number of sulfonamides is 1. The molecular formula is C15H20N4O3S. The molecule has 1 atom stereocenters. The lowest BCUT2D eigenvalue weighted by Crippen LogP contribution is -2.33. The highest BCUT2D eigenvalue weighted by atomic mass is 32.2. The fourth-order valence-corrected chi connectivity index (χ4v) is 3.73. The van der Waals surface area contributed by atoms with Gasteiger partial charge < -0.3 is 9.30 Å². The van der Waals surface area contributed by atoms with Gasteiger partial charge in [0, 0.05) is 38.0 Å². The van der Waals surface area contributed by atoms with Gasteiger partial charge in [0.15, 0.2) is 0 Å². The molecule has 0 aliphatic carbocycles. The van der Waals surface area contributed by atoms with Gasteiger partial charge in [-0.25, -0.2) is 23.1 Å². The van der Waals surface area contributed by atoms with Crippen molar-refractivity contribution in [2.24, 2.45) is 5.92 Å². The Kier molecular flexibility index (Phi) is 4.63. The van der Waals surface area contributed by atoms with Crippen LogP contribution in [-0.4, -0.2) is 36.1 Å². The summed E-state index contributed by atoms with van der Waals surface area (Å²) in [6.45, 7) is 3.55. The zero-order chi connectivity index (χ0) is 16.3. The van der Waals surface area contributed by atoms with Crippen LogP contribution in [0.4, 0.5) is 0 Å². The summed E-state index contributed by atoms with van der Waals surface area (Å²) in [5.41, 5.74) is 0. The molecule has 1 aliphatic rings. The molecule has 8 heteroatoms. The van der Waals surface area contributed by atoms with E-state index in [-0.39, 0.29) is 10.8 Å². The SMILES string of the molecule is CCOc1ccc(S(=O)(=O)NC[C@H]2CCc3nccn3C2)cn1. The Morgan fingerprint density at radius 2 is 2.26 bits per heavy atom. The number of ether oxygens (including phenoxy) is 1. The second-order valence-electron chi connectivity index (χ2n) is 5.52. The van der Waals surface area contributed by atoms with Crippen LogP contribution >= 0.6 is 0 Å². The fraction of sp³-hybridized carbons (Fsp3) is 0.467. The Morgan fingerprint density at radius 1 is 1.39 bits per heavy atom. The molecule has 3 heterocycles. The van der Waals surface area contributed by atoms with E-state index in [9.17, 15) is 8.42 Å². The van der Waals surface area contributed by atoms with E-state index in [0.717, 1.165) is 25.2 Å². The first-order valence-corrected chi connectivity index (χ1v) is 9.15. The standard InChI is InChI=1S/C15H20N4O3S/c1-2-22-15-6-4-13(10-17-15)23(20,21)18-9-12-3-5-14-16-7-8-19(14)11-12/h4,6-8,10,12,18H,2-3,5,9,11H2,1H3/t12-/m1/s1. The van der Waals surface area contributed by atoms with E-state index in [1.54, 1.807) is 12.3 Å². The number of imidazole rings is 1. The first-order chi connectivity index (χ1) is 11.1. The van der Waals surface area contributed by atoms with Gasteiger partial charge >= 0.3 is 0 Å². The Bertz CT molecular complexity index is 755. The number of nitrogens with zero attached hydrogens (tertiary/aromatic N) is 3. The second-order valence-corrected chi connectivity index (χ2v) is 7.28. The maximum Gasteiger partial charge on any atom is 0.242 e. The van der Waals surface area contributed by atoms with Gasteiger partial charge in [0.25, 0.3) is 0 Å². The third-order valence-corrected chi connectivity index (χ3v) is 5.32. The molecule has 3 rings (SSSR count). The van der Waals surface area contributed by atoms with Crippen LogP contribution in [0.5, 0.6) is 5.88 Å². The maximum absolute atomic E-state index is 12.3. The highest BCUT2D eigenvalue weighted by molar-refractivity contribution is 7.89. The molecule has 0 radical (unpaired) electrons. The van der Waals surface area contributed by atoms with Crippen LogP contribution in [0, 0.1) is 5.92 Å². The van der Waals surface area contributed by atoms with Crippen LogP contribution in [0.1, 0.15) is 19.2 Å². The highest BCUT2D eigenvalue weighted by Crippen LogP contribution is 2.19. The lowest BCUT2D eigenvalue weighted by atomic mass is 10.00. The molecule has 0 saturated heterocycles. The Hall–Kier alpha value is -1.93. The van der Waals surface area contributed by atoms with Crippen molar-refractivity contribution in [1.82, 2.24) is 19.3 Å². The van der Waals surface area contributed by atoms with Crippen molar-refractivity contribution in [3.63, 3.8) is 0 Å².